The first-order chi connectivity index (χ1) is 30.0. The number of aromatic carboxylic acids is 1. The molecular weight excluding hydrogens is 882 g/mol. The third-order valence-electron chi connectivity index (χ3n) is 9.17. The highest BCUT2D eigenvalue weighted by Crippen LogP contribution is 2.48. The second kappa shape index (κ2) is 24.4. The molecule has 0 unspecified atom stereocenters. The number of carbonyl (C=O) groups is 3. The fourth-order valence-corrected chi connectivity index (χ4v) is 9.71. The molecule has 2 aromatic carbocycles. The van der Waals surface area contributed by atoms with Gasteiger partial charge in [-0.2, -0.15) is 0 Å². The maximum atomic E-state index is 12.8. The van der Waals surface area contributed by atoms with Crippen LogP contribution in [0.2, 0.25) is 0 Å². The summed E-state index contributed by atoms with van der Waals surface area (Å²) in [5.74, 6) is -1.46. The lowest BCUT2D eigenvalue weighted by molar-refractivity contribution is -0.139. The van der Waals surface area contributed by atoms with Crippen molar-refractivity contribution in [1.29, 1.82) is 0 Å². The van der Waals surface area contributed by atoms with E-state index >= 15 is 0 Å². The standard InChI is InChI=1S/C25H33N4O7PS.C16H15N3O3S.C2H6.CH4/c1-5-35-37(34,36-6-2)13-7-8-20(25(32)33)28-24(31)21-11-12-22(38-21)29(4)15-17-9-10-19-18(14-17)23(30)27-16(3)26-19;1-9-17-12-4-3-10(7-11(12)15(20)18-9)8-19(2)14-6-5-13(23-14)16(21)22;1-2;/h9-12,14,20H,5-8,13,15H2,1-4H3,(H,28,31)(H,32,33)(H,26,27,30);3-7H,8H2,1-2H3,(H,21,22)(H,17,18,20);1-2H3;1H4/t20-;;;/m0.../s1. The first-order valence-corrected chi connectivity index (χ1v) is 23.6. The van der Waals surface area contributed by atoms with Gasteiger partial charge in [-0.25, -0.2) is 19.6 Å². The quantitative estimate of drug-likeness (QED) is 0.0509. The number of amides is 1. The summed E-state index contributed by atoms with van der Waals surface area (Å²) < 4.78 is 23.1. The second-order valence-electron chi connectivity index (χ2n) is 14.0. The van der Waals surface area contributed by atoms with Gasteiger partial charge in [0.25, 0.3) is 17.0 Å². The molecule has 4 heterocycles. The number of carbonyl (C=O) groups excluding carboxylic acids is 1. The minimum atomic E-state index is -3.29. The number of anilines is 2. The normalized spacial score (nSPS) is 11.4. The highest BCUT2D eigenvalue weighted by Gasteiger charge is 2.27. The SMILES string of the molecule is C.CC.CCOP(=O)(CCC[C@H](NC(=O)c1ccc(N(C)Cc2ccc3nc(C)[nH]c(=O)c3c2)s1)C(=O)O)OCC.Cc1nc2ccc(CN(C)c3ccc(C(=O)O)s3)cc2c(=O)[nH]1. The number of nitrogens with one attached hydrogen (secondary N) is 3. The van der Waals surface area contributed by atoms with Crippen molar-refractivity contribution >= 4 is 79.9 Å². The van der Waals surface area contributed by atoms with Gasteiger partial charge in [0.05, 0.1) is 56.1 Å². The second-order valence-corrected chi connectivity index (χ2v) is 18.3. The summed E-state index contributed by atoms with van der Waals surface area (Å²) in [7, 11) is 0.468. The molecule has 4 aromatic heterocycles. The molecule has 0 aliphatic rings. The van der Waals surface area contributed by atoms with Crippen LogP contribution in [0, 0.1) is 13.8 Å². The molecule has 17 nitrogen and oxygen atoms in total. The van der Waals surface area contributed by atoms with Crippen molar-refractivity contribution in [2.24, 2.45) is 0 Å². The van der Waals surface area contributed by atoms with Crippen LogP contribution < -0.4 is 26.2 Å². The number of hydrogen-bond donors (Lipinski definition) is 5. The maximum Gasteiger partial charge on any atom is 0.345 e. The van der Waals surface area contributed by atoms with Crippen LogP contribution >= 0.6 is 30.3 Å². The number of fused-ring (bicyclic) bond motifs is 2. The number of carboxylic acid groups (broad SMARTS) is 2. The Kier molecular flexibility index (Phi) is 20.0. The number of aliphatic carboxylic acids is 1. The van der Waals surface area contributed by atoms with E-state index in [9.17, 15) is 33.6 Å². The van der Waals surface area contributed by atoms with Gasteiger partial charge in [-0.1, -0.05) is 33.4 Å². The molecule has 0 bridgehead atoms. The summed E-state index contributed by atoms with van der Waals surface area (Å²) in [4.78, 5) is 78.4. The van der Waals surface area contributed by atoms with Gasteiger partial charge in [-0.15, -0.1) is 22.7 Å². The van der Waals surface area contributed by atoms with E-state index in [1.54, 1.807) is 58.0 Å². The Balaban J connectivity index is 0.000000357. The summed E-state index contributed by atoms with van der Waals surface area (Å²) in [6, 6.07) is 16.7. The predicted octanol–water partition coefficient (Wildman–Crippen LogP) is 8.45. The Morgan fingerprint density at radius 3 is 1.64 bits per heavy atom. The number of aromatic nitrogens is 4. The van der Waals surface area contributed by atoms with Gasteiger partial charge in [0.2, 0.25) is 0 Å². The molecule has 0 radical (unpaired) electrons. The number of thiophene rings is 2. The Morgan fingerprint density at radius 2 is 1.22 bits per heavy atom. The van der Waals surface area contributed by atoms with Crippen molar-refractivity contribution in [2.45, 2.75) is 80.9 Å². The third kappa shape index (κ3) is 14.4. The molecule has 346 valence electrons. The molecule has 5 N–H and O–H groups in total. The summed E-state index contributed by atoms with van der Waals surface area (Å²) in [6.07, 6.45) is 0.397. The molecule has 0 saturated carbocycles. The van der Waals surface area contributed by atoms with Crippen LogP contribution in [0.1, 0.15) is 90.1 Å². The zero-order chi connectivity index (χ0) is 46.4. The van der Waals surface area contributed by atoms with Crippen molar-refractivity contribution in [3.05, 3.63) is 114 Å². The molecule has 0 saturated heterocycles. The minimum absolute atomic E-state index is 0. The molecular formula is C44H58N7O10PS2. The number of H-pyrrole nitrogens is 2. The molecule has 20 heteroatoms. The number of carboxylic acids is 2. The molecule has 0 aliphatic carbocycles. The lowest BCUT2D eigenvalue weighted by atomic mass is 10.1. The average molecular weight is 940 g/mol. The van der Waals surface area contributed by atoms with Crippen LogP contribution in [0.25, 0.3) is 21.8 Å². The number of rotatable bonds is 18. The highest BCUT2D eigenvalue weighted by atomic mass is 32.1. The zero-order valence-corrected chi connectivity index (χ0v) is 39.0. The summed E-state index contributed by atoms with van der Waals surface area (Å²) in [5, 5.41) is 23.9. The number of hydrogen-bond acceptors (Lipinski definition) is 14. The first kappa shape index (κ1) is 52.6. The van der Waals surface area contributed by atoms with E-state index in [1.165, 1.54) is 22.7 Å². The molecule has 64 heavy (non-hydrogen) atoms. The molecule has 0 aliphatic heterocycles. The van der Waals surface area contributed by atoms with Gasteiger partial charge in [-0.05, 0) is 100 Å². The average Bonchev–Trinajstić information content (AvgIpc) is 3.94. The molecule has 0 fully saturated rings. The van der Waals surface area contributed by atoms with Crippen LogP contribution in [-0.4, -0.2) is 87.5 Å². The number of aromatic amines is 2. The fraction of sp³-hybridized carbons (Fsp3) is 0.386. The lowest BCUT2D eigenvalue weighted by Gasteiger charge is -2.19. The number of aryl methyl sites for hydroxylation is 2. The summed E-state index contributed by atoms with van der Waals surface area (Å²) in [6.45, 7) is 12.4. The largest absolute Gasteiger partial charge is 0.480 e. The molecule has 1 atom stereocenters. The predicted molar refractivity (Wildman–Crippen MR) is 256 cm³/mol. The van der Waals surface area contributed by atoms with E-state index in [0.717, 1.165) is 21.1 Å². The van der Waals surface area contributed by atoms with E-state index in [2.05, 4.69) is 25.3 Å². The van der Waals surface area contributed by atoms with Gasteiger partial charge in [0.1, 0.15) is 22.6 Å². The van der Waals surface area contributed by atoms with E-state index in [0.29, 0.717) is 56.3 Å². The van der Waals surface area contributed by atoms with Gasteiger partial charge in [0.15, 0.2) is 0 Å². The summed E-state index contributed by atoms with van der Waals surface area (Å²) in [5.41, 5.74) is 2.81. The maximum absolute atomic E-state index is 12.8. The van der Waals surface area contributed by atoms with Crippen LogP contribution in [0.4, 0.5) is 10.0 Å². The Hall–Kier alpha value is -5.72. The van der Waals surface area contributed by atoms with E-state index in [4.69, 9.17) is 14.2 Å². The third-order valence-corrected chi connectivity index (χ3v) is 13.7. The van der Waals surface area contributed by atoms with Crippen LogP contribution in [0.3, 0.4) is 0 Å². The molecule has 6 aromatic rings. The Labute approximate surface area is 380 Å². The van der Waals surface area contributed by atoms with Crippen LogP contribution in [0.15, 0.2) is 70.3 Å². The van der Waals surface area contributed by atoms with Gasteiger partial charge in [-0.3, -0.25) is 18.9 Å². The van der Waals surface area contributed by atoms with Crippen molar-refractivity contribution in [3.8, 4) is 0 Å². The fourth-order valence-electron chi connectivity index (χ4n) is 6.34. The van der Waals surface area contributed by atoms with Crippen molar-refractivity contribution < 1.29 is 38.2 Å². The minimum Gasteiger partial charge on any atom is -0.480 e. The van der Waals surface area contributed by atoms with E-state index in [-0.39, 0.29) is 50.8 Å². The number of nitrogens with zero attached hydrogens (tertiary/aromatic N) is 4. The van der Waals surface area contributed by atoms with E-state index < -0.39 is 31.5 Å². The topological polar surface area (TPSA) is 237 Å². The smallest absolute Gasteiger partial charge is 0.345 e. The first-order valence-electron chi connectivity index (χ1n) is 20.2. The number of benzene rings is 2. The zero-order valence-electron chi connectivity index (χ0n) is 36.5. The summed E-state index contributed by atoms with van der Waals surface area (Å²) >= 11 is 2.45. The van der Waals surface area contributed by atoms with Gasteiger partial charge < -0.3 is 44.3 Å². The van der Waals surface area contributed by atoms with Crippen molar-refractivity contribution in [3.63, 3.8) is 0 Å². The van der Waals surface area contributed by atoms with Crippen LogP contribution in [0.5, 0.6) is 0 Å². The molecule has 1 amide bonds. The van der Waals surface area contributed by atoms with E-state index in [1.807, 2.05) is 68.1 Å². The monoisotopic (exact) mass is 939 g/mol. The lowest BCUT2D eigenvalue weighted by Crippen LogP contribution is -2.40. The Bertz CT molecular complexity index is 2690. The van der Waals surface area contributed by atoms with Crippen molar-refractivity contribution in [2.75, 3.05) is 43.3 Å². The highest BCUT2D eigenvalue weighted by molar-refractivity contribution is 7.53. The molecule has 0 spiro atoms. The van der Waals surface area contributed by atoms with Crippen molar-refractivity contribution in [1.82, 2.24) is 25.3 Å². The van der Waals surface area contributed by atoms with Gasteiger partial charge >= 0.3 is 19.5 Å². The Morgan fingerprint density at radius 1 is 0.766 bits per heavy atom. The van der Waals surface area contributed by atoms with Gasteiger partial charge in [0, 0.05) is 27.2 Å². The van der Waals surface area contributed by atoms with Crippen LogP contribution in [-0.2, 0) is 31.5 Å². The molecule has 6 rings (SSSR count).